The number of ketones is 1. The van der Waals surface area contributed by atoms with Gasteiger partial charge in [0, 0.05) is 16.7 Å². The highest BCUT2D eigenvalue weighted by Crippen LogP contribution is 2.43. The molecule has 0 atom stereocenters. The van der Waals surface area contributed by atoms with Gasteiger partial charge in [-0.15, -0.1) is 26.3 Å². The lowest BCUT2D eigenvalue weighted by atomic mass is 10.1. The third kappa shape index (κ3) is 11.5. The monoisotopic (exact) mass is 1050 g/mol. The van der Waals surface area contributed by atoms with Crippen LogP contribution in [0.5, 0.6) is 11.5 Å². The Bertz CT molecular complexity index is 3310. The maximum Gasteiger partial charge on any atom is 0.573 e. The standard InChI is InChI=1S/C22H15F6N3O4S.C21H12F6N4O3S/c1-12(32)13-2-8-17-18(10-13)31(11-14-3-9-19(21(23,24)25)30-20(14)29-17)36(33,34)16-6-4-15(5-7-16)35-22(26,27)28;1-28-13-3-8-16-17(10-13)31(11-12-2-9-18(20(22,23)24)30-19(12)29-16)35(32,33)15-6-4-14(5-7-15)34-21(25,26)27/h2-10H,11H2,1H3,(H,29,30);2-10H,11H2,(H,29,30). The Labute approximate surface area is 393 Å². The number of carbonyl (C=O) groups is 1. The van der Waals surface area contributed by atoms with Gasteiger partial charge in [0.2, 0.25) is 0 Å². The van der Waals surface area contributed by atoms with Gasteiger partial charge < -0.3 is 20.1 Å². The Morgan fingerprint density at radius 1 is 0.577 bits per heavy atom. The normalized spacial score (nSPS) is 13.7. The van der Waals surface area contributed by atoms with Gasteiger partial charge in [-0.3, -0.25) is 13.4 Å². The molecular formula is C43H27F12N7O7S2. The van der Waals surface area contributed by atoms with E-state index in [9.17, 15) is 74.3 Å². The molecule has 0 radical (unpaired) electrons. The SMILES string of the molecule is CC(=O)c1ccc2c(c1)N(S(=O)(=O)c1ccc(OC(F)(F)F)cc1)Cc1ccc(C(F)(F)F)nc1N2.[C-]#[N+]c1ccc2c(c1)N(S(=O)(=O)c1ccc(OC(F)(F)F)cc1)Cc1ccc(C(F)(F)F)nc1N2. The molecule has 0 bridgehead atoms. The highest BCUT2D eigenvalue weighted by Gasteiger charge is 2.39. The van der Waals surface area contributed by atoms with Crippen LogP contribution in [0.3, 0.4) is 0 Å². The fraction of sp³-hybridized carbons (Fsp3) is 0.163. The molecule has 0 aliphatic carbocycles. The van der Waals surface area contributed by atoms with E-state index in [0.29, 0.717) is 12.1 Å². The first-order valence-electron chi connectivity index (χ1n) is 19.5. The van der Waals surface area contributed by atoms with Crippen molar-refractivity contribution in [3.05, 3.63) is 149 Å². The number of pyridine rings is 2. The van der Waals surface area contributed by atoms with Crippen LogP contribution in [0.25, 0.3) is 4.85 Å². The van der Waals surface area contributed by atoms with Crippen LogP contribution in [0.4, 0.5) is 92.8 Å². The van der Waals surface area contributed by atoms with Crippen molar-refractivity contribution >= 4 is 65.9 Å². The van der Waals surface area contributed by atoms with Crippen LogP contribution in [0.2, 0.25) is 0 Å². The number of sulfonamides is 2. The number of hydrogen-bond donors (Lipinski definition) is 2. The number of benzene rings is 4. The average molecular weight is 1050 g/mol. The van der Waals surface area contributed by atoms with Gasteiger partial charge in [0.25, 0.3) is 20.0 Å². The summed E-state index contributed by atoms with van der Waals surface area (Å²) in [5.41, 5.74) is -2.05. The first-order valence-corrected chi connectivity index (χ1v) is 22.4. The number of alkyl halides is 12. The molecule has 372 valence electrons. The van der Waals surface area contributed by atoms with Crippen molar-refractivity contribution in [3.8, 4) is 11.5 Å². The van der Waals surface area contributed by atoms with Crippen molar-refractivity contribution in [3.63, 3.8) is 0 Å². The lowest BCUT2D eigenvalue weighted by molar-refractivity contribution is -0.275. The highest BCUT2D eigenvalue weighted by atomic mass is 32.2. The number of rotatable bonds is 7. The molecule has 71 heavy (non-hydrogen) atoms. The van der Waals surface area contributed by atoms with E-state index in [2.05, 4.69) is 34.9 Å². The minimum atomic E-state index is -4.98. The molecule has 2 aromatic heterocycles. The second kappa shape index (κ2) is 18.5. The van der Waals surface area contributed by atoms with Gasteiger partial charge in [-0.25, -0.2) is 31.6 Å². The summed E-state index contributed by atoms with van der Waals surface area (Å²) in [6.07, 6.45) is -19.5. The first kappa shape index (κ1) is 51.1. The zero-order valence-corrected chi connectivity index (χ0v) is 36.9. The predicted molar refractivity (Wildman–Crippen MR) is 227 cm³/mol. The van der Waals surface area contributed by atoms with Crippen LogP contribution >= 0.6 is 0 Å². The minimum Gasteiger partial charge on any atom is -0.406 e. The number of fused-ring (bicyclic) bond motifs is 4. The second-order valence-electron chi connectivity index (χ2n) is 14.8. The van der Waals surface area contributed by atoms with Gasteiger partial charge >= 0.3 is 25.1 Å². The molecule has 0 fully saturated rings. The summed E-state index contributed by atoms with van der Waals surface area (Å²) in [6, 6.07) is 18.2. The Morgan fingerprint density at radius 3 is 1.34 bits per heavy atom. The maximum absolute atomic E-state index is 13.6. The molecule has 28 heteroatoms. The summed E-state index contributed by atoms with van der Waals surface area (Å²) in [5.74, 6) is -2.16. The van der Waals surface area contributed by atoms with E-state index >= 15 is 0 Å². The van der Waals surface area contributed by atoms with Crippen LogP contribution < -0.4 is 28.7 Å². The minimum absolute atomic E-state index is 0.0474. The lowest BCUT2D eigenvalue weighted by Gasteiger charge is -2.25. The number of nitrogens with zero attached hydrogens (tertiary/aromatic N) is 5. The molecule has 0 unspecified atom stereocenters. The fourth-order valence-corrected chi connectivity index (χ4v) is 9.68. The molecular weight excluding hydrogens is 1020 g/mol. The summed E-state index contributed by atoms with van der Waals surface area (Å²) in [6.45, 7) is 7.51. The quantitative estimate of drug-likeness (QED) is 0.0888. The van der Waals surface area contributed by atoms with E-state index in [-0.39, 0.29) is 56.8 Å². The Balaban J connectivity index is 0.000000209. The highest BCUT2D eigenvalue weighted by molar-refractivity contribution is 7.93. The van der Waals surface area contributed by atoms with Gasteiger partial charge in [-0.1, -0.05) is 18.2 Å². The van der Waals surface area contributed by atoms with Gasteiger partial charge in [0.05, 0.1) is 52.2 Å². The van der Waals surface area contributed by atoms with Gasteiger partial charge in [-0.2, -0.15) is 26.3 Å². The summed E-state index contributed by atoms with van der Waals surface area (Å²) < 4.78 is 217. The molecule has 0 saturated carbocycles. The summed E-state index contributed by atoms with van der Waals surface area (Å²) in [7, 11) is -8.95. The number of anilines is 6. The van der Waals surface area contributed by atoms with Gasteiger partial charge in [-0.05, 0) is 97.9 Å². The van der Waals surface area contributed by atoms with Crippen molar-refractivity contribution in [1.29, 1.82) is 0 Å². The number of aromatic nitrogens is 2. The Kier molecular flexibility index (Phi) is 13.3. The molecule has 0 amide bonds. The molecule has 14 nitrogen and oxygen atoms in total. The second-order valence-corrected chi connectivity index (χ2v) is 18.5. The first-order chi connectivity index (χ1) is 32.9. The Morgan fingerprint density at radius 2 is 0.972 bits per heavy atom. The van der Waals surface area contributed by atoms with Crippen LogP contribution in [0.15, 0.2) is 119 Å². The molecule has 0 saturated heterocycles. The predicted octanol–water partition coefficient (Wildman–Crippen LogP) is 11.7. The number of halogens is 12. The third-order valence-corrected chi connectivity index (χ3v) is 13.6. The zero-order valence-electron chi connectivity index (χ0n) is 35.3. The molecule has 8 rings (SSSR count). The number of Topliss-reactive ketones (excluding diaryl/α,β-unsaturated/α-hetero) is 1. The van der Waals surface area contributed by atoms with Crippen molar-refractivity contribution in [1.82, 2.24) is 9.97 Å². The van der Waals surface area contributed by atoms with E-state index in [1.54, 1.807) is 0 Å². The lowest BCUT2D eigenvalue weighted by Crippen LogP contribution is -2.30. The smallest absolute Gasteiger partial charge is 0.406 e. The van der Waals surface area contributed by atoms with Crippen LogP contribution in [-0.4, -0.2) is 45.3 Å². The van der Waals surface area contributed by atoms with E-state index in [1.807, 2.05) is 0 Å². The average Bonchev–Trinajstić information content (AvgIpc) is 3.55. The van der Waals surface area contributed by atoms with Crippen molar-refractivity contribution in [2.45, 2.75) is 54.9 Å². The third-order valence-electron chi connectivity index (χ3n) is 10.0. The van der Waals surface area contributed by atoms with E-state index < -0.39 is 96.7 Å². The summed E-state index contributed by atoms with van der Waals surface area (Å²) in [4.78, 5) is 21.5. The number of ether oxygens (including phenoxy) is 2. The number of carbonyl (C=O) groups excluding carboxylic acids is 1. The summed E-state index contributed by atoms with van der Waals surface area (Å²) in [5, 5.41) is 5.39. The van der Waals surface area contributed by atoms with Crippen LogP contribution in [-0.2, 0) is 45.5 Å². The van der Waals surface area contributed by atoms with Gasteiger partial charge in [0.1, 0.15) is 34.5 Å². The zero-order chi connectivity index (χ0) is 52.1. The van der Waals surface area contributed by atoms with Gasteiger partial charge in [0.15, 0.2) is 11.5 Å². The molecule has 4 heterocycles. The Hall–Kier alpha value is -7.80. The van der Waals surface area contributed by atoms with E-state index in [0.717, 1.165) is 69.3 Å². The van der Waals surface area contributed by atoms with E-state index in [4.69, 9.17) is 6.57 Å². The van der Waals surface area contributed by atoms with Crippen molar-refractivity contribution in [2.75, 3.05) is 19.2 Å². The van der Waals surface area contributed by atoms with Crippen molar-refractivity contribution in [2.24, 2.45) is 0 Å². The molecule has 0 spiro atoms. The largest absolute Gasteiger partial charge is 0.573 e. The number of nitrogens with one attached hydrogen (secondary N) is 2. The fourth-order valence-electron chi connectivity index (χ4n) is 6.77. The van der Waals surface area contributed by atoms with Crippen molar-refractivity contribution < 1.29 is 83.8 Å². The molecule has 2 N–H and O–H groups in total. The van der Waals surface area contributed by atoms with E-state index in [1.165, 1.54) is 43.3 Å². The van der Waals surface area contributed by atoms with Crippen LogP contribution in [0.1, 0.15) is 39.8 Å². The molecule has 6 aromatic rings. The molecule has 2 aliphatic rings. The topological polar surface area (TPSA) is 164 Å². The van der Waals surface area contributed by atoms with Crippen LogP contribution in [0, 0.1) is 6.57 Å². The molecule has 4 aromatic carbocycles. The number of hydrogen-bond acceptors (Lipinski definition) is 11. The molecule has 2 aliphatic heterocycles. The summed E-state index contributed by atoms with van der Waals surface area (Å²) >= 11 is 0. The maximum atomic E-state index is 13.6.